The summed E-state index contributed by atoms with van der Waals surface area (Å²) < 4.78 is 2.65. The summed E-state index contributed by atoms with van der Waals surface area (Å²) in [5.41, 5.74) is 13.5. The highest BCUT2D eigenvalue weighted by atomic mass is 32.1. The van der Waals surface area contributed by atoms with E-state index >= 15 is 0 Å². The summed E-state index contributed by atoms with van der Waals surface area (Å²) >= 11 is 1.90. The van der Waals surface area contributed by atoms with Crippen molar-refractivity contribution in [1.82, 2.24) is 0 Å². The molecule has 1 nitrogen and oxygen atoms in total. The lowest BCUT2D eigenvalue weighted by atomic mass is 9.79. The lowest BCUT2D eigenvalue weighted by Gasteiger charge is -2.48. The second-order valence-corrected chi connectivity index (χ2v) is 13.8. The van der Waals surface area contributed by atoms with Gasteiger partial charge in [0.15, 0.2) is 0 Å². The van der Waals surface area contributed by atoms with E-state index in [4.69, 9.17) is 0 Å². The molecule has 7 aromatic carbocycles. The van der Waals surface area contributed by atoms with Gasteiger partial charge in [-0.15, -0.1) is 11.3 Å². The summed E-state index contributed by atoms with van der Waals surface area (Å²) in [6.45, 7) is 0. The van der Waals surface area contributed by atoms with Crippen molar-refractivity contribution >= 4 is 37.2 Å². The predicted molar refractivity (Wildman–Crippen MR) is 192 cm³/mol. The topological polar surface area (TPSA) is 3.24 Å². The first-order chi connectivity index (χ1) is 22.8. The van der Waals surface area contributed by atoms with Gasteiger partial charge in [0.1, 0.15) is 11.1 Å². The lowest BCUT2D eigenvalue weighted by molar-refractivity contribution is 0.511. The number of anilines is 1. The van der Waals surface area contributed by atoms with Crippen LogP contribution < -0.4 is 4.90 Å². The Hall–Kier alpha value is -5.44. The van der Waals surface area contributed by atoms with Crippen LogP contribution in [0.1, 0.15) is 33.4 Å². The third-order valence-corrected chi connectivity index (χ3v) is 12.0. The van der Waals surface area contributed by atoms with Crippen molar-refractivity contribution in [2.24, 2.45) is 0 Å². The van der Waals surface area contributed by atoms with Crippen LogP contribution in [0.25, 0.3) is 42.4 Å². The first kappa shape index (κ1) is 24.8. The highest BCUT2D eigenvalue weighted by molar-refractivity contribution is 7.25. The third-order valence-electron chi connectivity index (χ3n) is 10.8. The number of hydrogen-bond donors (Lipinski definition) is 0. The quantitative estimate of drug-likeness (QED) is 0.181. The minimum Gasteiger partial charge on any atom is -0.335 e. The van der Waals surface area contributed by atoms with E-state index < -0.39 is 11.1 Å². The maximum absolute atomic E-state index is 2.82. The Balaban J connectivity index is 1.36. The maximum atomic E-state index is 2.82. The summed E-state index contributed by atoms with van der Waals surface area (Å²) in [6.07, 6.45) is 0. The molecule has 11 rings (SSSR count). The number of thiophene rings is 1. The molecule has 0 amide bonds. The fourth-order valence-corrected chi connectivity index (χ4v) is 10.5. The lowest BCUT2D eigenvalue weighted by Crippen LogP contribution is -2.52. The van der Waals surface area contributed by atoms with Gasteiger partial charge in [0, 0.05) is 25.9 Å². The SMILES string of the molecule is c1ccc2c(c1)-c1ccccc1C21c2ccccc2C2(c3ccccc3-c3ccccc32)N1c1ccc2c(c1)sc1ccccc12. The van der Waals surface area contributed by atoms with Crippen LogP contribution in [0.3, 0.4) is 0 Å². The van der Waals surface area contributed by atoms with Crippen LogP contribution in [0, 0.1) is 0 Å². The summed E-state index contributed by atoms with van der Waals surface area (Å²) in [7, 11) is 0. The molecule has 0 fully saturated rings. The predicted octanol–water partition coefficient (Wildman–Crippen LogP) is 11.1. The molecule has 0 saturated heterocycles. The molecule has 2 heterocycles. The molecule has 2 heteroatoms. The fraction of sp³-hybridized carbons (Fsp3) is 0.0455. The van der Waals surface area contributed by atoms with Gasteiger partial charge in [-0.1, -0.05) is 146 Å². The molecule has 1 aliphatic heterocycles. The fourth-order valence-electron chi connectivity index (χ4n) is 9.33. The van der Waals surface area contributed by atoms with Crippen LogP contribution in [-0.4, -0.2) is 0 Å². The molecule has 0 unspecified atom stereocenters. The Labute approximate surface area is 271 Å². The summed E-state index contributed by atoms with van der Waals surface area (Å²) in [5, 5.41) is 2.65. The average molecular weight is 602 g/mol. The number of nitrogens with zero attached hydrogens (tertiary/aromatic N) is 1. The molecular weight excluding hydrogens is 575 g/mol. The van der Waals surface area contributed by atoms with Crippen LogP contribution in [0.2, 0.25) is 0 Å². The zero-order valence-corrected chi connectivity index (χ0v) is 25.8. The summed E-state index contributed by atoms with van der Waals surface area (Å²) in [5.74, 6) is 0. The van der Waals surface area contributed by atoms with Crippen molar-refractivity contribution in [3.8, 4) is 22.3 Å². The van der Waals surface area contributed by atoms with E-state index in [0.717, 1.165) is 0 Å². The largest absolute Gasteiger partial charge is 0.335 e. The van der Waals surface area contributed by atoms with E-state index in [1.54, 1.807) is 0 Å². The molecule has 214 valence electrons. The molecule has 0 radical (unpaired) electrons. The van der Waals surface area contributed by atoms with Gasteiger partial charge in [-0.25, -0.2) is 0 Å². The van der Waals surface area contributed by atoms with Crippen LogP contribution in [-0.2, 0) is 11.1 Å². The highest BCUT2D eigenvalue weighted by Gasteiger charge is 2.66. The van der Waals surface area contributed by atoms with Crippen molar-refractivity contribution in [1.29, 1.82) is 0 Å². The van der Waals surface area contributed by atoms with E-state index in [0.29, 0.717) is 0 Å². The van der Waals surface area contributed by atoms with Crippen molar-refractivity contribution in [2.75, 3.05) is 4.90 Å². The molecule has 46 heavy (non-hydrogen) atoms. The van der Waals surface area contributed by atoms with Crippen molar-refractivity contribution in [3.05, 3.63) is 197 Å². The first-order valence-electron chi connectivity index (χ1n) is 16.0. The standard InChI is InChI=1S/C44H27NS/c1-6-18-35-29(13-1)30-14-2-7-19-36(30)43(35)39-22-10-11-23-40(39)44(37-20-8-3-15-31(37)32-16-4-9-21-38(32)44)45(43)28-25-26-34-33-17-5-12-24-41(33)46-42(34)27-28/h1-27H. The minimum absolute atomic E-state index is 0.543. The zero-order chi connectivity index (χ0) is 30.0. The Bertz CT molecular complexity index is 2360. The summed E-state index contributed by atoms with van der Waals surface area (Å²) in [4.78, 5) is 2.82. The molecule has 8 aromatic rings. The van der Waals surface area contributed by atoms with E-state index in [1.807, 2.05) is 11.3 Å². The highest BCUT2D eigenvalue weighted by Crippen LogP contribution is 2.69. The van der Waals surface area contributed by atoms with Crippen LogP contribution in [0.4, 0.5) is 5.69 Å². The van der Waals surface area contributed by atoms with Crippen molar-refractivity contribution in [2.45, 2.75) is 11.1 Å². The number of rotatable bonds is 1. The Morgan fingerprint density at radius 3 is 1.24 bits per heavy atom. The van der Waals surface area contributed by atoms with Crippen LogP contribution in [0.5, 0.6) is 0 Å². The number of hydrogen-bond acceptors (Lipinski definition) is 2. The maximum Gasteiger partial charge on any atom is 0.119 e. The Morgan fingerprint density at radius 1 is 0.348 bits per heavy atom. The number of fused-ring (bicyclic) bond motifs is 16. The van der Waals surface area contributed by atoms with E-state index in [2.05, 4.69) is 169 Å². The van der Waals surface area contributed by atoms with Gasteiger partial charge in [0.25, 0.3) is 0 Å². The minimum atomic E-state index is -0.543. The number of benzene rings is 7. The summed E-state index contributed by atoms with van der Waals surface area (Å²) in [6, 6.07) is 61.8. The molecule has 0 bridgehead atoms. The van der Waals surface area contributed by atoms with Crippen LogP contribution in [0.15, 0.2) is 164 Å². The molecule has 2 spiro atoms. The molecule has 0 atom stereocenters. The van der Waals surface area contributed by atoms with Gasteiger partial charge in [-0.05, 0) is 73.8 Å². The molecular formula is C44H27NS. The monoisotopic (exact) mass is 601 g/mol. The normalized spacial score (nSPS) is 15.7. The second kappa shape index (κ2) is 8.63. The molecule has 1 aromatic heterocycles. The van der Waals surface area contributed by atoms with E-state index in [1.165, 1.54) is 81.5 Å². The zero-order valence-electron chi connectivity index (χ0n) is 24.9. The van der Waals surface area contributed by atoms with Crippen molar-refractivity contribution < 1.29 is 0 Å². The third kappa shape index (κ3) is 2.71. The van der Waals surface area contributed by atoms with Gasteiger partial charge in [0.2, 0.25) is 0 Å². The first-order valence-corrected chi connectivity index (χ1v) is 16.8. The van der Waals surface area contributed by atoms with Gasteiger partial charge in [0.05, 0.1) is 0 Å². The molecule has 0 saturated carbocycles. The van der Waals surface area contributed by atoms with Gasteiger partial charge in [-0.3, -0.25) is 0 Å². The van der Waals surface area contributed by atoms with Gasteiger partial charge < -0.3 is 4.90 Å². The molecule has 2 aliphatic carbocycles. The molecule has 0 N–H and O–H groups in total. The van der Waals surface area contributed by atoms with Gasteiger partial charge in [-0.2, -0.15) is 0 Å². The average Bonchev–Trinajstić information content (AvgIpc) is 3.81. The second-order valence-electron chi connectivity index (χ2n) is 12.8. The smallest absolute Gasteiger partial charge is 0.119 e. The van der Waals surface area contributed by atoms with E-state index in [-0.39, 0.29) is 0 Å². The van der Waals surface area contributed by atoms with Crippen molar-refractivity contribution in [3.63, 3.8) is 0 Å². The Morgan fingerprint density at radius 2 is 0.739 bits per heavy atom. The Kier molecular flexibility index (Phi) is 4.66. The van der Waals surface area contributed by atoms with Crippen LogP contribution >= 0.6 is 11.3 Å². The van der Waals surface area contributed by atoms with E-state index in [9.17, 15) is 0 Å². The van der Waals surface area contributed by atoms with Gasteiger partial charge >= 0.3 is 0 Å². The molecule has 3 aliphatic rings.